The van der Waals surface area contributed by atoms with Crippen LogP contribution in [-0.4, -0.2) is 33.3 Å². The minimum absolute atomic E-state index is 0.0512. The molecule has 0 spiro atoms. The van der Waals surface area contributed by atoms with Crippen molar-refractivity contribution >= 4 is 44.9 Å². The van der Waals surface area contributed by atoms with Gasteiger partial charge in [-0.25, -0.2) is 13.2 Å². The van der Waals surface area contributed by atoms with Gasteiger partial charge in [-0.15, -0.1) is 0 Å². The molecule has 0 aromatic heterocycles. The van der Waals surface area contributed by atoms with Gasteiger partial charge in [-0.05, 0) is 37.3 Å². The van der Waals surface area contributed by atoms with Crippen LogP contribution in [0.25, 0.3) is 0 Å². The maximum absolute atomic E-state index is 12.8. The summed E-state index contributed by atoms with van der Waals surface area (Å²) in [7, 11) is -2.90. The van der Waals surface area contributed by atoms with E-state index in [2.05, 4.69) is 20.1 Å². The summed E-state index contributed by atoms with van der Waals surface area (Å²) in [5.41, 5.74) is 0.552. The Hall–Kier alpha value is -3.40. The van der Waals surface area contributed by atoms with Crippen molar-refractivity contribution in [3.63, 3.8) is 0 Å². The van der Waals surface area contributed by atoms with Crippen molar-refractivity contribution in [3.8, 4) is 0 Å². The topological polar surface area (TPSA) is 131 Å². The van der Waals surface area contributed by atoms with Crippen LogP contribution in [-0.2, 0) is 24.3 Å². The second kappa shape index (κ2) is 7.31. The van der Waals surface area contributed by atoms with Gasteiger partial charge in [0, 0.05) is 0 Å². The summed E-state index contributed by atoms with van der Waals surface area (Å²) >= 11 is 0. The summed E-state index contributed by atoms with van der Waals surface area (Å²) in [6.45, 7) is 1.44. The summed E-state index contributed by atoms with van der Waals surface area (Å²) in [6.07, 6.45) is 0. The standard InChI is InChI=1S/C18H17N3O6S/c1-10-16(22)19-14-8-7-11(9-15(14)20-17(10)23)28(25,26)21-13-6-4-3-5-12(13)18(24)27-2/h3-10,21H,1-2H3,(H,19,22)(H,20,23)/t10-/m1/s1. The zero-order valence-electron chi connectivity index (χ0n) is 15.0. The second-order valence-corrected chi connectivity index (χ2v) is 7.73. The van der Waals surface area contributed by atoms with E-state index in [1.807, 2.05) is 0 Å². The van der Waals surface area contributed by atoms with Gasteiger partial charge < -0.3 is 15.4 Å². The fourth-order valence-electron chi connectivity index (χ4n) is 2.57. The van der Waals surface area contributed by atoms with Gasteiger partial charge in [-0.2, -0.15) is 0 Å². The first-order valence-electron chi connectivity index (χ1n) is 8.19. The van der Waals surface area contributed by atoms with E-state index in [1.165, 1.54) is 44.4 Å². The Balaban J connectivity index is 1.97. The van der Waals surface area contributed by atoms with E-state index in [-0.39, 0.29) is 27.5 Å². The molecule has 0 fully saturated rings. The zero-order chi connectivity index (χ0) is 20.5. The van der Waals surface area contributed by atoms with Crippen molar-refractivity contribution < 1.29 is 27.5 Å². The van der Waals surface area contributed by atoms with E-state index in [0.29, 0.717) is 0 Å². The van der Waals surface area contributed by atoms with Gasteiger partial charge in [0.2, 0.25) is 11.8 Å². The summed E-state index contributed by atoms with van der Waals surface area (Å²) in [5.74, 6) is -2.64. The lowest BCUT2D eigenvalue weighted by atomic mass is 10.1. The third-order valence-electron chi connectivity index (χ3n) is 4.18. The first-order chi connectivity index (χ1) is 13.2. The monoisotopic (exact) mass is 403 g/mol. The molecule has 28 heavy (non-hydrogen) atoms. The van der Waals surface area contributed by atoms with Crippen molar-refractivity contribution in [2.75, 3.05) is 22.5 Å². The van der Waals surface area contributed by atoms with Crippen molar-refractivity contribution in [1.29, 1.82) is 0 Å². The molecule has 10 heteroatoms. The minimum Gasteiger partial charge on any atom is -0.465 e. The number of benzene rings is 2. The molecular weight excluding hydrogens is 386 g/mol. The third kappa shape index (κ3) is 3.67. The van der Waals surface area contributed by atoms with E-state index in [9.17, 15) is 22.8 Å². The molecule has 3 rings (SSSR count). The van der Waals surface area contributed by atoms with E-state index in [0.717, 1.165) is 0 Å². The highest BCUT2D eigenvalue weighted by molar-refractivity contribution is 7.92. The van der Waals surface area contributed by atoms with E-state index >= 15 is 0 Å². The fourth-order valence-corrected chi connectivity index (χ4v) is 3.67. The molecule has 2 aromatic rings. The van der Waals surface area contributed by atoms with Crippen LogP contribution in [0.1, 0.15) is 17.3 Å². The first-order valence-corrected chi connectivity index (χ1v) is 9.67. The van der Waals surface area contributed by atoms with Crippen LogP contribution in [0.5, 0.6) is 0 Å². The Bertz CT molecular complexity index is 1080. The zero-order valence-corrected chi connectivity index (χ0v) is 15.8. The highest BCUT2D eigenvalue weighted by atomic mass is 32.2. The number of anilines is 3. The molecule has 0 unspecified atom stereocenters. The molecule has 146 valence electrons. The molecule has 2 aromatic carbocycles. The molecule has 1 aliphatic heterocycles. The molecule has 0 saturated carbocycles. The number of amides is 2. The summed E-state index contributed by atoms with van der Waals surface area (Å²) in [4.78, 5) is 35.6. The number of para-hydroxylation sites is 1. The van der Waals surface area contributed by atoms with Crippen LogP contribution in [0.4, 0.5) is 17.1 Å². The lowest BCUT2D eigenvalue weighted by Gasteiger charge is -2.13. The summed E-state index contributed by atoms with van der Waals surface area (Å²) < 4.78 is 32.6. The molecule has 0 saturated heterocycles. The maximum Gasteiger partial charge on any atom is 0.339 e. The smallest absolute Gasteiger partial charge is 0.339 e. The number of esters is 1. The number of ether oxygens (including phenoxy) is 1. The van der Waals surface area contributed by atoms with Crippen molar-refractivity contribution in [2.45, 2.75) is 11.8 Å². The van der Waals surface area contributed by atoms with Gasteiger partial charge in [0.05, 0.1) is 34.6 Å². The van der Waals surface area contributed by atoms with E-state index < -0.39 is 33.7 Å². The molecule has 2 amide bonds. The molecule has 1 heterocycles. The number of carbonyl (C=O) groups is 3. The van der Waals surface area contributed by atoms with Crippen molar-refractivity contribution in [3.05, 3.63) is 48.0 Å². The van der Waals surface area contributed by atoms with Crippen LogP contribution in [0.3, 0.4) is 0 Å². The number of hydrogen-bond donors (Lipinski definition) is 3. The van der Waals surface area contributed by atoms with E-state index in [1.54, 1.807) is 12.1 Å². The van der Waals surface area contributed by atoms with Gasteiger partial charge in [0.15, 0.2) is 0 Å². The van der Waals surface area contributed by atoms with Crippen LogP contribution >= 0.6 is 0 Å². The highest BCUT2D eigenvalue weighted by Crippen LogP contribution is 2.30. The molecular formula is C18H17N3O6S. The Morgan fingerprint density at radius 1 is 1.04 bits per heavy atom. The lowest BCUT2D eigenvalue weighted by Crippen LogP contribution is -2.28. The number of methoxy groups -OCH3 is 1. The highest BCUT2D eigenvalue weighted by Gasteiger charge is 2.28. The summed E-state index contributed by atoms with van der Waals surface area (Å²) in [5, 5.41) is 5.09. The predicted molar refractivity (Wildman–Crippen MR) is 101 cm³/mol. The van der Waals surface area contributed by atoms with Gasteiger partial charge in [0.25, 0.3) is 10.0 Å². The largest absolute Gasteiger partial charge is 0.465 e. The number of nitrogens with one attached hydrogen (secondary N) is 3. The number of hydrogen-bond acceptors (Lipinski definition) is 6. The fraction of sp³-hybridized carbons (Fsp3) is 0.167. The molecule has 3 N–H and O–H groups in total. The Morgan fingerprint density at radius 2 is 1.68 bits per heavy atom. The quantitative estimate of drug-likeness (QED) is 0.527. The predicted octanol–water partition coefficient (Wildman–Crippen LogP) is 1.80. The molecule has 9 nitrogen and oxygen atoms in total. The number of rotatable bonds is 4. The molecule has 1 aliphatic rings. The summed E-state index contributed by atoms with van der Waals surface area (Å²) in [6, 6.07) is 9.89. The molecule has 0 radical (unpaired) electrons. The van der Waals surface area contributed by atoms with Gasteiger partial charge >= 0.3 is 5.97 Å². The Morgan fingerprint density at radius 3 is 2.36 bits per heavy atom. The molecule has 0 bridgehead atoms. The Kier molecular flexibility index (Phi) is 5.06. The van der Waals surface area contributed by atoms with Crippen LogP contribution in [0, 0.1) is 5.92 Å². The Labute approximate surface area is 161 Å². The minimum atomic E-state index is -4.09. The van der Waals surface area contributed by atoms with Gasteiger partial charge in [0.1, 0.15) is 5.92 Å². The maximum atomic E-state index is 12.8. The average molecular weight is 403 g/mol. The second-order valence-electron chi connectivity index (χ2n) is 6.05. The SMILES string of the molecule is COC(=O)c1ccccc1NS(=O)(=O)c1ccc2c(c1)NC(=O)[C@H](C)C(=O)N2. The first kappa shape index (κ1) is 19.4. The third-order valence-corrected chi connectivity index (χ3v) is 5.54. The van der Waals surface area contributed by atoms with Crippen molar-refractivity contribution in [1.82, 2.24) is 0 Å². The van der Waals surface area contributed by atoms with E-state index in [4.69, 9.17) is 0 Å². The van der Waals surface area contributed by atoms with Crippen LogP contribution < -0.4 is 15.4 Å². The van der Waals surface area contributed by atoms with Gasteiger partial charge in [-0.3, -0.25) is 14.3 Å². The lowest BCUT2D eigenvalue weighted by molar-refractivity contribution is -0.128. The van der Waals surface area contributed by atoms with Crippen molar-refractivity contribution in [2.24, 2.45) is 5.92 Å². The average Bonchev–Trinajstić information content (AvgIpc) is 2.77. The molecule has 1 atom stereocenters. The van der Waals surface area contributed by atoms with Crippen LogP contribution in [0.15, 0.2) is 47.4 Å². The number of sulfonamides is 1. The van der Waals surface area contributed by atoms with Crippen LogP contribution in [0.2, 0.25) is 0 Å². The molecule has 0 aliphatic carbocycles. The number of carbonyl (C=O) groups excluding carboxylic acids is 3. The number of fused-ring (bicyclic) bond motifs is 1. The normalized spacial score (nSPS) is 16.3. The van der Waals surface area contributed by atoms with Gasteiger partial charge in [-0.1, -0.05) is 12.1 Å².